The monoisotopic (exact) mass is 285 g/mol. The molecule has 2 aromatic rings. The average Bonchev–Trinajstić information content (AvgIpc) is 2.54. The highest BCUT2D eigenvalue weighted by atomic mass is 16.5. The second kappa shape index (κ2) is 7.33. The number of hydrogen-bond acceptors (Lipinski definition) is 3. The Balaban J connectivity index is 1.88. The van der Waals surface area contributed by atoms with E-state index in [2.05, 4.69) is 5.32 Å². The zero-order valence-corrected chi connectivity index (χ0v) is 12.2. The maximum absolute atomic E-state index is 11.9. The molecule has 0 saturated heterocycles. The van der Waals surface area contributed by atoms with Crippen molar-refractivity contribution in [2.75, 3.05) is 13.7 Å². The first kappa shape index (κ1) is 14.9. The average molecular weight is 285 g/mol. The predicted molar refractivity (Wildman–Crippen MR) is 81.5 cm³/mol. The molecule has 1 amide bonds. The molecule has 2 aromatic carbocycles. The topological polar surface area (TPSA) is 47.6 Å². The van der Waals surface area contributed by atoms with Gasteiger partial charge in [-0.3, -0.25) is 4.79 Å². The lowest BCUT2D eigenvalue weighted by Gasteiger charge is -2.15. The van der Waals surface area contributed by atoms with Crippen molar-refractivity contribution in [1.29, 1.82) is 0 Å². The van der Waals surface area contributed by atoms with Gasteiger partial charge in [0.05, 0.1) is 13.2 Å². The second-order valence-electron chi connectivity index (χ2n) is 4.64. The molecule has 0 bridgehead atoms. The lowest BCUT2D eigenvalue weighted by atomic mass is 10.1. The summed E-state index contributed by atoms with van der Waals surface area (Å²) >= 11 is 0. The molecule has 21 heavy (non-hydrogen) atoms. The van der Waals surface area contributed by atoms with Gasteiger partial charge in [0.1, 0.15) is 0 Å². The Kier molecular flexibility index (Phi) is 5.21. The molecule has 110 valence electrons. The minimum Gasteiger partial charge on any atom is -0.493 e. The van der Waals surface area contributed by atoms with E-state index in [1.807, 2.05) is 49.4 Å². The molecule has 0 aliphatic heterocycles. The van der Waals surface area contributed by atoms with Crippen LogP contribution in [0, 0.1) is 0 Å². The van der Waals surface area contributed by atoms with Gasteiger partial charge in [-0.15, -0.1) is 0 Å². The van der Waals surface area contributed by atoms with Crippen molar-refractivity contribution in [3.8, 4) is 11.5 Å². The Morgan fingerprint density at radius 3 is 2.33 bits per heavy atom. The minimum atomic E-state index is -0.169. The van der Waals surface area contributed by atoms with Crippen LogP contribution in [0.15, 0.2) is 54.6 Å². The summed E-state index contributed by atoms with van der Waals surface area (Å²) < 4.78 is 10.7. The Bertz CT molecular complexity index is 584. The number of carbonyl (C=O) groups excluding carboxylic acids is 1. The van der Waals surface area contributed by atoms with Gasteiger partial charge in [0, 0.05) is 0 Å². The molecule has 1 N–H and O–H groups in total. The first-order chi connectivity index (χ1) is 10.2. The smallest absolute Gasteiger partial charge is 0.258 e. The number of carbonyl (C=O) groups is 1. The van der Waals surface area contributed by atoms with Crippen LogP contribution in [0.2, 0.25) is 0 Å². The summed E-state index contributed by atoms with van der Waals surface area (Å²) in [6.45, 7) is 1.90. The van der Waals surface area contributed by atoms with Crippen molar-refractivity contribution in [1.82, 2.24) is 5.32 Å². The van der Waals surface area contributed by atoms with Crippen LogP contribution >= 0.6 is 0 Å². The van der Waals surface area contributed by atoms with Gasteiger partial charge in [-0.05, 0) is 24.6 Å². The van der Waals surface area contributed by atoms with Crippen molar-refractivity contribution in [2.45, 2.75) is 13.0 Å². The zero-order valence-electron chi connectivity index (χ0n) is 12.2. The molecule has 0 aliphatic carbocycles. The van der Waals surface area contributed by atoms with E-state index < -0.39 is 0 Å². The SMILES string of the molecule is COc1ccccc1OCC(=O)N[C@@H](C)c1ccccc1. The van der Waals surface area contributed by atoms with E-state index in [-0.39, 0.29) is 18.6 Å². The van der Waals surface area contributed by atoms with E-state index in [4.69, 9.17) is 9.47 Å². The standard InChI is InChI=1S/C17H19NO3/c1-13(14-8-4-3-5-9-14)18-17(19)12-21-16-11-7-6-10-15(16)20-2/h3-11,13H,12H2,1-2H3,(H,18,19)/t13-/m0/s1. The van der Waals surface area contributed by atoms with Crippen LogP contribution in [0.25, 0.3) is 0 Å². The van der Waals surface area contributed by atoms with Crippen LogP contribution in [0.3, 0.4) is 0 Å². The normalized spacial score (nSPS) is 11.5. The third-order valence-corrected chi connectivity index (χ3v) is 3.10. The fraction of sp³-hybridized carbons (Fsp3) is 0.235. The van der Waals surface area contributed by atoms with Crippen molar-refractivity contribution in [3.63, 3.8) is 0 Å². The lowest BCUT2D eigenvalue weighted by Crippen LogP contribution is -2.31. The highest BCUT2D eigenvalue weighted by molar-refractivity contribution is 5.78. The number of rotatable bonds is 6. The molecule has 0 radical (unpaired) electrons. The quantitative estimate of drug-likeness (QED) is 0.887. The summed E-state index contributed by atoms with van der Waals surface area (Å²) in [5.41, 5.74) is 1.06. The van der Waals surface area contributed by atoms with Crippen LogP contribution in [-0.4, -0.2) is 19.6 Å². The maximum atomic E-state index is 11.9. The molecule has 0 aliphatic rings. The van der Waals surface area contributed by atoms with Gasteiger partial charge < -0.3 is 14.8 Å². The Hall–Kier alpha value is -2.49. The minimum absolute atomic E-state index is 0.0441. The molecule has 0 aromatic heterocycles. The predicted octanol–water partition coefficient (Wildman–Crippen LogP) is 2.95. The van der Waals surface area contributed by atoms with Gasteiger partial charge in [0.15, 0.2) is 18.1 Å². The highest BCUT2D eigenvalue weighted by Crippen LogP contribution is 2.25. The molecule has 1 atom stereocenters. The van der Waals surface area contributed by atoms with E-state index in [9.17, 15) is 4.79 Å². The molecular weight excluding hydrogens is 266 g/mol. The fourth-order valence-corrected chi connectivity index (χ4v) is 1.99. The van der Waals surface area contributed by atoms with E-state index in [0.717, 1.165) is 5.56 Å². The Morgan fingerprint density at radius 1 is 1.05 bits per heavy atom. The van der Waals surface area contributed by atoms with Gasteiger partial charge in [-0.25, -0.2) is 0 Å². The van der Waals surface area contributed by atoms with E-state index >= 15 is 0 Å². The van der Waals surface area contributed by atoms with Crippen molar-refractivity contribution in [2.24, 2.45) is 0 Å². The largest absolute Gasteiger partial charge is 0.493 e. The zero-order chi connectivity index (χ0) is 15.1. The van der Waals surface area contributed by atoms with Crippen LogP contribution in [0.5, 0.6) is 11.5 Å². The second-order valence-corrected chi connectivity index (χ2v) is 4.64. The summed E-state index contributed by atoms with van der Waals surface area (Å²) in [5.74, 6) is 1.00. The molecule has 2 rings (SSSR count). The van der Waals surface area contributed by atoms with Crippen LogP contribution in [0.4, 0.5) is 0 Å². The van der Waals surface area contributed by atoms with Gasteiger partial charge in [-0.1, -0.05) is 42.5 Å². The summed E-state index contributed by atoms with van der Waals surface area (Å²) in [5, 5.41) is 2.90. The van der Waals surface area contributed by atoms with Gasteiger partial charge >= 0.3 is 0 Å². The van der Waals surface area contributed by atoms with Crippen LogP contribution in [-0.2, 0) is 4.79 Å². The van der Waals surface area contributed by atoms with Crippen molar-refractivity contribution in [3.05, 3.63) is 60.2 Å². The van der Waals surface area contributed by atoms with Crippen LogP contribution < -0.4 is 14.8 Å². The third-order valence-electron chi connectivity index (χ3n) is 3.10. The summed E-state index contributed by atoms with van der Waals surface area (Å²) in [6, 6.07) is 17.0. The maximum Gasteiger partial charge on any atom is 0.258 e. The number of methoxy groups -OCH3 is 1. The molecule has 0 unspecified atom stereocenters. The number of hydrogen-bond donors (Lipinski definition) is 1. The number of nitrogens with one attached hydrogen (secondary N) is 1. The fourth-order valence-electron chi connectivity index (χ4n) is 1.99. The number of para-hydroxylation sites is 2. The molecule has 0 saturated carbocycles. The summed E-state index contributed by atoms with van der Waals surface area (Å²) in [6.07, 6.45) is 0. The number of ether oxygens (including phenoxy) is 2. The molecule has 4 heteroatoms. The van der Waals surface area contributed by atoms with E-state index in [1.165, 1.54) is 0 Å². The molecule has 0 spiro atoms. The van der Waals surface area contributed by atoms with Crippen LogP contribution in [0.1, 0.15) is 18.5 Å². The lowest BCUT2D eigenvalue weighted by molar-refractivity contribution is -0.123. The van der Waals surface area contributed by atoms with Gasteiger partial charge in [-0.2, -0.15) is 0 Å². The van der Waals surface area contributed by atoms with Gasteiger partial charge in [0.2, 0.25) is 0 Å². The van der Waals surface area contributed by atoms with Crippen molar-refractivity contribution < 1.29 is 14.3 Å². The molecule has 0 fully saturated rings. The Labute approximate surface area is 124 Å². The van der Waals surface area contributed by atoms with Crippen molar-refractivity contribution >= 4 is 5.91 Å². The first-order valence-electron chi connectivity index (χ1n) is 6.81. The first-order valence-corrected chi connectivity index (χ1v) is 6.81. The molecule has 4 nitrogen and oxygen atoms in total. The van der Waals surface area contributed by atoms with Gasteiger partial charge in [0.25, 0.3) is 5.91 Å². The number of amides is 1. The molecule has 0 heterocycles. The highest BCUT2D eigenvalue weighted by Gasteiger charge is 2.11. The summed E-state index contributed by atoms with van der Waals surface area (Å²) in [4.78, 5) is 11.9. The summed E-state index contributed by atoms with van der Waals surface area (Å²) in [7, 11) is 1.57. The van der Waals surface area contributed by atoms with E-state index in [1.54, 1.807) is 19.2 Å². The molecular formula is C17H19NO3. The van der Waals surface area contributed by atoms with E-state index in [0.29, 0.717) is 11.5 Å². The number of benzene rings is 2. The third kappa shape index (κ3) is 4.24. The Morgan fingerprint density at radius 2 is 1.67 bits per heavy atom.